The number of nitrogens with two attached hydrogens (primary N) is 1. The SMILES string of the molecule is CC1CCC(CN)(C(=O)NCC2(C(=O)O)CCC2)CC1. The standard InChI is InChI=1S/C15H26N2O3/c1-11-3-7-14(9-16,8-4-11)12(18)17-10-15(13(19)20)5-2-6-15/h11H,2-10,16H2,1H3,(H,17,18)(H,19,20). The maximum absolute atomic E-state index is 12.5. The Morgan fingerprint density at radius 2 is 1.80 bits per heavy atom. The molecule has 1 amide bonds. The van der Waals surface area contributed by atoms with Gasteiger partial charge in [0.25, 0.3) is 0 Å². The van der Waals surface area contributed by atoms with Crippen molar-refractivity contribution in [3.8, 4) is 0 Å². The molecule has 114 valence electrons. The van der Waals surface area contributed by atoms with E-state index in [1.807, 2.05) is 0 Å². The minimum atomic E-state index is -0.789. The second-order valence-corrected chi connectivity index (χ2v) is 6.79. The molecule has 5 nitrogen and oxygen atoms in total. The predicted molar refractivity (Wildman–Crippen MR) is 76.0 cm³/mol. The van der Waals surface area contributed by atoms with Gasteiger partial charge in [0.05, 0.1) is 10.8 Å². The van der Waals surface area contributed by atoms with E-state index in [9.17, 15) is 14.7 Å². The van der Waals surface area contributed by atoms with Crippen LogP contribution in [0.25, 0.3) is 0 Å². The molecule has 0 unspecified atom stereocenters. The van der Waals surface area contributed by atoms with Crippen molar-refractivity contribution in [2.45, 2.75) is 51.9 Å². The summed E-state index contributed by atoms with van der Waals surface area (Å²) in [6.07, 6.45) is 5.93. The average Bonchev–Trinajstić information content (AvgIpc) is 2.38. The maximum Gasteiger partial charge on any atom is 0.311 e. The zero-order valence-electron chi connectivity index (χ0n) is 12.3. The number of hydrogen-bond acceptors (Lipinski definition) is 3. The number of carbonyl (C=O) groups excluding carboxylic acids is 1. The van der Waals surface area contributed by atoms with Crippen molar-refractivity contribution in [3.05, 3.63) is 0 Å². The highest BCUT2D eigenvalue weighted by molar-refractivity contribution is 5.84. The van der Waals surface area contributed by atoms with Gasteiger partial charge in [-0.05, 0) is 44.4 Å². The van der Waals surface area contributed by atoms with E-state index in [-0.39, 0.29) is 12.5 Å². The number of nitrogens with one attached hydrogen (secondary N) is 1. The second kappa shape index (κ2) is 5.72. The van der Waals surface area contributed by atoms with Gasteiger partial charge in [-0.2, -0.15) is 0 Å². The first-order valence-corrected chi connectivity index (χ1v) is 7.66. The molecular weight excluding hydrogens is 256 g/mol. The summed E-state index contributed by atoms with van der Waals surface area (Å²) in [4.78, 5) is 23.8. The van der Waals surface area contributed by atoms with E-state index in [1.54, 1.807) is 0 Å². The van der Waals surface area contributed by atoms with Crippen LogP contribution < -0.4 is 11.1 Å². The molecule has 0 aromatic carbocycles. The summed E-state index contributed by atoms with van der Waals surface area (Å²) < 4.78 is 0. The summed E-state index contributed by atoms with van der Waals surface area (Å²) >= 11 is 0. The third-order valence-corrected chi connectivity index (χ3v) is 5.46. The van der Waals surface area contributed by atoms with E-state index < -0.39 is 16.8 Å². The number of rotatable bonds is 5. The highest BCUT2D eigenvalue weighted by atomic mass is 16.4. The highest BCUT2D eigenvalue weighted by Crippen LogP contribution is 2.42. The van der Waals surface area contributed by atoms with Crippen LogP contribution in [-0.4, -0.2) is 30.1 Å². The van der Waals surface area contributed by atoms with Crippen molar-refractivity contribution in [1.29, 1.82) is 0 Å². The molecular formula is C15H26N2O3. The lowest BCUT2D eigenvalue weighted by Gasteiger charge is -2.41. The first kappa shape index (κ1) is 15.3. The number of amides is 1. The van der Waals surface area contributed by atoms with Crippen molar-refractivity contribution < 1.29 is 14.7 Å². The molecule has 0 aliphatic heterocycles. The molecule has 20 heavy (non-hydrogen) atoms. The molecule has 0 radical (unpaired) electrons. The van der Waals surface area contributed by atoms with Gasteiger partial charge >= 0.3 is 5.97 Å². The van der Waals surface area contributed by atoms with Crippen LogP contribution in [0.2, 0.25) is 0 Å². The van der Waals surface area contributed by atoms with Crippen LogP contribution >= 0.6 is 0 Å². The number of carbonyl (C=O) groups is 2. The molecule has 2 aliphatic carbocycles. The zero-order chi connectivity index (χ0) is 14.8. The summed E-state index contributed by atoms with van der Waals surface area (Å²) in [5.74, 6) is -0.179. The molecule has 2 saturated carbocycles. The molecule has 0 aromatic heterocycles. The van der Waals surface area contributed by atoms with Crippen LogP contribution in [0.1, 0.15) is 51.9 Å². The van der Waals surface area contributed by atoms with Crippen molar-refractivity contribution in [1.82, 2.24) is 5.32 Å². The third kappa shape index (κ3) is 2.68. The summed E-state index contributed by atoms with van der Waals surface area (Å²) in [6, 6.07) is 0. The van der Waals surface area contributed by atoms with Gasteiger partial charge in [-0.1, -0.05) is 13.3 Å². The van der Waals surface area contributed by atoms with E-state index in [0.717, 1.165) is 32.1 Å². The van der Waals surface area contributed by atoms with Gasteiger partial charge < -0.3 is 16.2 Å². The number of aliphatic carboxylic acids is 1. The second-order valence-electron chi connectivity index (χ2n) is 6.79. The van der Waals surface area contributed by atoms with Gasteiger partial charge in [-0.15, -0.1) is 0 Å². The Kier molecular flexibility index (Phi) is 4.37. The monoisotopic (exact) mass is 282 g/mol. The number of hydrogen-bond donors (Lipinski definition) is 3. The largest absolute Gasteiger partial charge is 0.481 e. The van der Waals surface area contributed by atoms with Gasteiger partial charge in [-0.3, -0.25) is 9.59 Å². The zero-order valence-corrected chi connectivity index (χ0v) is 12.3. The van der Waals surface area contributed by atoms with Crippen LogP contribution in [-0.2, 0) is 9.59 Å². The van der Waals surface area contributed by atoms with Crippen molar-refractivity contribution in [3.63, 3.8) is 0 Å². The molecule has 4 N–H and O–H groups in total. The number of carboxylic acids is 1. The van der Waals surface area contributed by atoms with E-state index >= 15 is 0 Å². The Bertz CT molecular complexity index is 383. The molecule has 5 heteroatoms. The topological polar surface area (TPSA) is 92.4 Å². The summed E-state index contributed by atoms with van der Waals surface area (Å²) in [7, 11) is 0. The van der Waals surface area contributed by atoms with Crippen molar-refractivity contribution in [2.24, 2.45) is 22.5 Å². The lowest BCUT2D eigenvalue weighted by atomic mass is 9.67. The van der Waals surface area contributed by atoms with E-state index in [4.69, 9.17) is 5.73 Å². The van der Waals surface area contributed by atoms with Crippen LogP contribution in [0.15, 0.2) is 0 Å². The summed E-state index contributed by atoms with van der Waals surface area (Å²) in [5, 5.41) is 12.2. The highest BCUT2D eigenvalue weighted by Gasteiger charge is 2.46. The minimum absolute atomic E-state index is 0.0422. The lowest BCUT2D eigenvalue weighted by Crippen LogP contribution is -2.53. The van der Waals surface area contributed by atoms with Crippen LogP contribution in [0.3, 0.4) is 0 Å². The van der Waals surface area contributed by atoms with Crippen molar-refractivity contribution in [2.75, 3.05) is 13.1 Å². The Morgan fingerprint density at radius 1 is 1.20 bits per heavy atom. The van der Waals surface area contributed by atoms with Crippen molar-refractivity contribution >= 4 is 11.9 Å². The molecule has 2 aliphatic rings. The molecule has 0 aromatic rings. The Morgan fingerprint density at radius 3 is 2.20 bits per heavy atom. The molecule has 0 bridgehead atoms. The third-order valence-electron chi connectivity index (χ3n) is 5.46. The van der Waals surface area contributed by atoms with Crippen LogP contribution in [0, 0.1) is 16.7 Å². The fourth-order valence-corrected chi connectivity index (χ4v) is 3.35. The first-order valence-electron chi connectivity index (χ1n) is 7.66. The fraction of sp³-hybridized carbons (Fsp3) is 0.867. The van der Waals surface area contributed by atoms with Crippen LogP contribution in [0.4, 0.5) is 0 Å². The summed E-state index contributed by atoms with van der Waals surface area (Å²) in [6.45, 7) is 2.80. The van der Waals surface area contributed by atoms with Gasteiger partial charge in [0, 0.05) is 13.1 Å². The molecule has 2 fully saturated rings. The molecule has 0 spiro atoms. The molecule has 0 atom stereocenters. The van der Waals surface area contributed by atoms with Gasteiger partial charge in [0.1, 0.15) is 0 Å². The maximum atomic E-state index is 12.5. The number of carboxylic acid groups (broad SMARTS) is 1. The normalized spacial score (nSPS) is 32.2. The smallest absolute Gasteiger partial charge is 0.311 e. The van der Waals surface area contributed by atoms with Gasteiger partial charge in [-0.25, -0.2) is 0 Å². The average molecular weight is 282 g/mol. The van der Waals surface area contributed by atoms with E-state index in [0.29, 0.717) is 25.3 Å². The molecule has 0 heterocycles. The Balaban J connectivity index is 1.95. The lowest BCUT2D eigenvalue weighted by molar-refractivity contribution is -0.154. The molecule has 2 rings (SSSR count). The van der Waals surface area contributed by atoms with Gasteiger partial charge in [0.15, 0.2) is 0 Å². The quantitative estimate of drug-likeness (QED) is 0.712. The van der Waals surface area contributed by atoms with E-state index in [2.05, 4.69) is 12.2 Å². The van der Waals surface area contributed by atoms with Gasteiger partial charge in [0.2, 0.25) is 5.91 Å². The Hall–Kier alpha value is -1.10. The fourth-order valence-electron chi connectivity index (χ4n) is 3.35. The predicted octanol–water partition coefficient (Wildman–Crippen LogP) is 1.51. The minimum Gasteiger partial charge on any atom is -0.481 e. The summed E-state index contributed by atoms with van der Waals surface area (Å²) in [5.41, 5.74) is 4.65. The van der Waals surface area contributed by atoms with Crippen LogP contribution in [0.5, 0.6) is 0 Å². The molecule has 0 saturated heterocycles. The Labute approximate surface area is 120 Å². The first-order chi connectivity index (χ1) is 9.44. The van der Waals surface area contributed by atoms with E-state index in [1.165, 1.54) is 0 Å².